The Balaban J connectivity index is 1.67. The molecule has 40 heavy (non-hydrogen) atoms. The number of amides is 2. The molecule has 2 amide bonds. The van der Waals surface area contributed by atoms with Crippen LogP contribution in [0.3, 0.4) is 0 Å². The lowest BCUT2D eigenvalue weighted by Gasteiger charge is -2.28. The van der Waals surface area contributed by atoms with Crippen molar-refractivity contribution in [2.75, 3.05) is 38.7 Å². The Morgan fingerprint density at radius 2 is 1.55 bits per heavy atom. The smallest absolute Gasteiger partial charge is 0.261 e. The predicted octanol–water partition coefficient (Wildman–Crippen LogP) is 3.19. The molecular weight excluding hydrogens is 541 g/mol. The molecule has 0 bridgehead atoms. The Hall–Kier alpha value is -4.16. The van der Waals surface area contributed by atoms with E-state index in [4.69, 9.17) is 14.2 Å². The fraction of sp³-hybridized carbons (Fsp3) is 0.286. The maximum atomic E-state index is 13.2. The second kappa shape index (κ2) is 14.3. The van der Waals surface area contributed by atoms with Crippen LogP contribution in [0.25, 0.3) is 0 Å². The first-order chi connectivity index (χ1) is 19.1. The van der Waals surface area contributed by atoms with Crippen LogP contribution in [-0.4, -0.2) is 65.2 Å². The van der Waals surface area contributed by atoms with E-state index < -0.39 is 27.8 Å². The molecule has 10 nitrogen and oxygen atoms in total. The summed E-state index contributed by atoms with van der Waals surface area (Å²) in [5.74, 6) is -0.353. The normalized spacial score (nSPS) is 11.8. The Kier molecular flexibility index (Phi) is 10.9. The Labute approximate surface area is 233 Å². The van der Waals surface area contributed by atoms with E-state index in [1.165, 1.54) is 48.4 Å². The average Bonchev–Trinajstić information content (AvgIpc) is 2.96. The van der Waals surface area contributed by atoms with E-state index in [0.29, 0.717) is 18.9 Å². The summed E-state index contributed by atoms with van der Waals surface area (Å²) in [4.78, 5) is 27.3. The maximum Gasteiger partial charge on any atom is 0.261 e. The van der Waals surface area contributed by atoms with Crippen LogP contribution in [0.4, 0.5) is 10.1 Å². The number of carbonyl (C=O) groups excluding carboxylic acids is 2. The van der Waals surface area contributed by atoms with Gasteiger partial charge in [-0.1, -0.05) is 12.1 Å². The summed E-state index contributed by atoms with van der Waals surface area (Å²) in [5.41, 5.74) is 0.999. The van der Waals surface area contributed by atoms with Gasteiger partial charge in [0, 0.05) is 25.9 Å². The summed E-state index contributed by atoms with van der Waals surface area (Å²) < 4.78 is 56.5. The Morgan fingerprint density at radius 1 is 0.925 bits per heavy atom. The lowest BCUT2D eigenvalue weighted by atomic mass is 10.1. The number of nitrogens with one attached hydrogen (secondary N) is 2. The Morgan fingerprint density at radius 3 is 2.15 bits per heavy atom. The van der Waals surface area contributed by atoms with Crippen LogP contribution >= 0.6 is 0 Å². The van der Waals surface area contributed by atoms with Crippen LogP contribution in [0.2, 0.25) is 0 Å². The van der Waals surface area contributed by atoms with Crippen LogP contribution in [-0.2, 0) is 30.9 Å². The molecule has 0 heterocycles. The number of rotatable bonds is 14. The average molecular weight is 574 g/mol. The van der Waals surface area contributed by atoms with Crippen LogP contribution in [0.15, 0.2) is 77.7 Å². The molecule has 214 valence electrons. The standard InChI is InChI=1S/C28H32FN3O7S/c1-20(28(34)30-16-17-37-2)32(18-21-4-10-24(38-3)11-5-21)27(33)19-39-25-12-14-26(15-13-25)40(35,36)31-23-8-6-22(29)7-9-23/h4-15,20,31H,16-19H2,1-3H3,(H,30,34)/t20-/m1/s1. The highest BCUT2D eigenvalue weighted by atomic mass is 32.2. The molecule has 1 atom stereocenters. The van der Waals surface area contributed by atoms with Gasteiger partial charge in [-0.05, 0) is 73.2 Å². The molecular formula is C28H32FN3O7S. The zero-order valence-corrected chi connectivity index (χ0v) is 23.2. The van der Waals surface area contributed by atoms with Gasteiger partial charge < -0.3 is 24.4 Å². The van der Waals surface area contributed by atoms with Crippen molar-refractivity contribution in [1.82, 2.24) is 10.2 Å². The minimum absolute atomic E-state index is 0.0435. The zero-order chi connectivity index (χ0) is 29.1. The first kappa shape index (κ1) is 30.4. The van der Waals surface area contributed by atoms with Crippen molar-refractivity contribution in [3.05, 3.63) is 84.2 Å². The number of methoxy groups -OCH3 is 2. The van der Waals surface area contributed by atoms with Crippen molar-refractivity contribution in [2.24, 2.45) is 0 Å². The number of halogens is 1. The second-order valence-electron chi connectivity index (χ2n) is 8.70. The van der Waals surface area contributed by atoms with Gasteiger partial charge in [-0.2, -0.15) is 0 Å². The second-order valence-corrected chi connectivity index (χ2v) is 10.4. The predicted molar refractivity (Wildman–Crippen MR) is 147 cm³/mol. The summed E-state index contributed by atoms with van der Waals surface area (Å²) in [5, 5.41) is 2.74. The summed E-state index contributed by atoms with van der Waals surface area (Å²) in [6.45, 7) is 2.02. The van der Waals surface area contributed by atoms with E-state index in [2.05, 4.69) is 10.0 Å². The lowest BCUT2D eigenvalue weighted by molar-refractivity contribution is -0.142. The van der Waals surface area contributed by atoms with Crippen LogP contribution in [0.5, 0.6) is 11.5 Å². The van der Waals surface area contributed by atoms with E-state index in [-0.39, 0.29) is 35.4 Å². The third-order valence-corrected chi connectivity index (χ3v) is 7.27. The Bertz CT molecular complexity index is 1370. The van der Waals surface area contributed by atoms with Crippen molar-refractivity contribution < 1.29 is 36.6 Å². The quantitative estimate of drug-likeness (QED) is 0.284. The van der Waals surface area contributed by atoms with E-state index in [1.54, 1.807) is 38.3 Å². The van der Waals surface area contributed by atoms with Gasteiger partial charge in [-0.3, -0.25) is 14.3 Å². The van der Waals surface area contributed by atoms with E-state index in [9.17, 15) is 22.4 Å². The highest BCUT2D eigenvalue weighted by Gasteiger charge is 2.26. The molecule has 0 fully saturated rings. The number of anilines is 1. The molecule has 0 spiro atoms. The van der Waals surface area contributed by atoms with Crippen molar-refractivity contribution in [3.63, 3.8) is 0 Å². The molecule has 12 heteroatoms. The van der Waals surface area contributed by atoms with E-state index >= 15 is 0 Å². The summed E-state index contributed by atoms with van der Waals surface area (Å²) >= 11 is 0. The topological polar surface area (TPSA) is 123 Å². The van der Waals surface area contributed by atoms with Crippen molar-refractivity contribution >= 4 is 27.5 Å². The fourth-order valence-corrected chi connectivity index (χ4v) is 4.67. The number of nitrogens with zero attached hydrogens (tertiary/aromatic N) is 1. The third kappa shape index (κ3) is 8.68. The molecule has 0 radical (unpaired) electrons. The van der Waals surface area contributed by atoms with Crippen LogP contribution < -0.4 is 19.5 Å². The largest absolute Gasteiger partial charge is 0.497 e. The van der Waals surface area contributed by atoms with Gasteiger partial charge in [0.25, 0.3) is 15.9 Å². The lowest BCUT2D eigenvalue weighted by Crippen LogP contribution is -2.49. The highest BCUT2D eigenvalue weighted by molar-refractivity contribution is 7.92. The minimum atomic E-state index is -3.92. The molecule has 0 aliphatic rings. The molecule has 0 saturated heterocycles. The van der Waals surface area contributed by atoms with Crippen LogP contribution in [0.1, 0.15) is 12.5 Å². The first-order valence-corrected chi connectivity index (χ1v) is 13.8. The van der Waals surface area contributed by atoms with Gasteiger partial charge in [0.2, 0.25) is 5.91 Å². The molecule has 0 aromatic heterocycles. The highest BCUT2D eigenvalue weighted by Crippen LogP contribution is 2.20. The number of ether oxygens (including phenoxy) is 3. The number of hydrogen-bond donors (Lipinski definition) is 2. The first-order valence-electron chi connectivity index (χ1n) is 12.3. The SMILES string of the molecule is COCCNC(=O)[C@@H](C)N(Cc1ccc(OC)cc1)C(=O)COc1ccc(S(=O)(=O)Nc2ccc(F)cc2)cc1. The van der Waals surface area contributed by atoms with Crippen molar-refractivity contribution in [2.45, 2.75) is 24.4 Å². The molecule has 3 rings (SSSR count). The minimum Gasteiger partial charge on any atom is -0.497 e. The van der Waals surface area contributed by atoms with Gasteiger partial charge in [-0.15, -0.1) is 0 Å². The number of benzene rings is 3. The molecule has 0 aliphatic carbocycles. The monoisotopic (exact) mass is 573 g/mol. The molecule has 3 aromatic carbocycles. The van der Waals surface area contributed by atoms with Crippen LogP contribution in [0, 0.1) is 5.82 Å². The van der Waals surface area contributed by atoms with Gasteiger partial charge in [-0.25, -0.2) is 12.8 Å². The number of hydrogen-bond acceptors (Lipinski definition) is 7. The summed E-state index contributed by atoms with van der Waals surface area (Å²) in [6, 6.07) is 16.7. The van der Waals surface area contributed by atoms with Crippen molar-refractivity contribution in [3.8, 4) is 11.5 Å². The van der Waals surface area contributed by atoms with Gasteiger partial charge in [0.15, 0.2) is 6.61 Å². The molecule has 0 saturated carbocycles. The van der Waals surface area contributed by atoms with E-state index in [1.807, 2.05) is 0 Å². The van der Waals surface area contributed by atoms with Gasteiger partial charge in [0.1, 0.15) is 23.4 Å². The molecule has 0 aliphatic heterocycles. The zero-order valence-electron chi connectivity index (χ0n) is 22.4. The van der Waals surface area contributed by atoms with Gasteiger partial charge in [0.05, 0.1) is 18.6 Å². The molecule has 0 unspecified atom stereocenters. The third-order valence-electron chi connectivity index (χ3n) is 5.88. The van der Waals surface area contributed by atoms with Gasteiger partial charge >= 0.3 is 0 Å². The number of carbonyl (C=O) groups is 2. The number of sulfonamides is 1. The summed E-state index contributed by atoms with van der Waals surface area (Å²) in [6.07, 6.45) is 0. The molecule has 2 N–H and O–H groups in total. The maximum absolute atomic E-state index is 13.2. The summed E-state index contributed by atoms with van der Waals surface area (Å²) in [7, 11) is -0.845. The fourth-order valence-electron chi connectivity index (χ4n) is 3.61. The van der Waals surface area contributed by atoms with E-state index in [0.717, 1.165) is 17.7 Å². The molecule has 3 aromatic rings. The van der Waals surface area contributed by atoms with Crippen molar-refractivity contribution in [1.29, 1.82) is 0 Å².